The van der Waals surface area contributed by atoms with E-state index in [1.165, 1.54) is 0 Å². The molecule has 1 N–H and O–H groups in total. The van der Waals surface area contributed by atoms with E-state index in [-0.39, 0.29) is 11.3 Å². The molecule has 2 heterocycles. The predicted octanol–water partition coefficient (Wildman–Crippen LogP) is 2.77. The van der Waals surface area contributed by atoms with Crippen LogP contribution in [-0.4, -0.2) is 80.2 Å². The van der Waals surface area contributed by atoms with Crippen LogP contribution in [0, 0.1) is 6.92 Å². The van der Waals surface area contributed by atoms with Gasteiger partial charge in [-0.3, -0.25) is 14.5 Å². The van der Waals surface area contributed by atoms with E-state index in [4.69, 9.17) is 14.2 Å². The summed E-state index contributed by atoms with van der Waals surface area (Å²) in [5.41, 5.74) is 1.92. The molecule has 2 aromatic carbocycles. The number of Topliss-reactive ketones (excluding diaryl/α,β-unsaturated/α-hetero) is 1. The van der Waals surface area contributed by atoms with Gasteiger partial charge in [-0.1, -0.05) is 18.2 Å². The molecule has 2 fully saturated rings. The number of methoxy groups -OCH3 is 2. The van der Waals surface area contributed by atoms with E-state index < -0.39 is 17.7 Å². The Morgan fingerprint density at radius 2 is 1.79 bits per heavy atom. The quantitative estimate of drug-likeness (QED) is 0.381. The fourth-order valence-electron chi connectivity index (χ4n) is 4.57. The molecule has 0 radical (unpaired) electrons. The fraction of sp³-hybridized carbons (Fsp3) is 0.385. The van der Waals surface area contributed by atoms with Crippen LogP contribution in [0.4, 0.5) is 0 Å². The number of ketones is 1. The topological polar surface area (TPSA) is 88.5 Å². The first-order chi connectivity index (χ1) is 16.5. The molecule has 34 heavy (non-hydrogen) atoms. The second-order valence-corrected chi connectivity index (χ2v) is 8.37. The van der Waals surface area contributed by atoms with Crippen molar-refractivity contribution in [2.24, 2.45) is 0 Å². The number of morpholine rings is 1. The number of likely N-dealkylation sites (tertiary alicyclic amines) is 1. The number of carbonyl (C=O) groups is 2. The number of nitrogens with zero attached hydrogens (tertiary/aromatic N) is 2. The standard InChI is InChI=1S/C26H30N2O6/c1-17-16-18(32-2)8-9-19(17)24(29)22-23(20-6-4-5-7-21(20)33-3)28(26(31)25(22)30)11-10-27-12-14-34-15-13-27/h4-9,16,23,29H,10-15H2,1-3H3/b24-22+/t23-/m1/s1. The first-order valence-electron chi connectivity index (χ1n) is 11.3. The molecule has 0 spiro atoms. The normalized spacial score (nSPS) is 20.6. The Kier molecular flexibility index (Phi) is 7.19. The third kappa shape index (κ3) is 4.51. The van der Waals surface area contributed by atoms with E-state index in [1.54, 1.807) is 43.4 Å². The Labute approximate surface area is 199 Å². The zero-order chi connectivity index (χ0) is 24.2. The molecule has 1 amide bonds. The van der Waals surface area contributed by atoms with Gasteiger partial charge in [-0.05, 0) is 36.8 Å². The number of amides is 1. The van der Waals surface area contributed by atoms with E-state index in [1.807, 2.05) is 25.1 Å². The lowest BCUT2D eigenvalue weighted by molar-refractivity contribution is -0.140. The van der Waals surface area contributed by atoms with Crippen molar-refractivity contribution < 1.29 is 28.9 Å². The molecule has 4 rings (SSSR count). The molecule has 0 aliphatic carbocycles. The van der Waals surface area contributed by atoms with Gasteiger partial charge in [0.25, 0.3) is 11.7 Å². The maximum atomic E-state index is 13.3. The van der Waals surface area contributed by atoms with Crippen molar-refractivity contribution >= 4 is 17.4 Å². The summed E-state index contributed by atoms with van der Waals surface area (Å²) in [6.07, 6.45) is 0. The summed E-state index contributed by atoms with van der Waals surface area (Å²) >= 11 is 0. The summed E-state index contributed by atoms with van der Waals surface area (Å²) in [7, 11) is 3.11. The third-order valence-electron chi connectivity index (χ3n) is 6.42. The number of benzene rings is 2. The van der Waals surface area contributed by atoms with E-state index in [0.29, 0.717) is 48.9 Å². The van der Waals surface area contributed by atoms with E-state index in [9.17, 15) is 14.7 Å². The maximum Gasteiger partial charge on any atom is 0.295 e. The Hall–Kier alpha value is -3.36. The van der Waals surface area contributed by atoms with Crippen molar-refractivity contribution in [3.63, 3.8) is 0 Å². The average Bonchev–Trinajstić information content (AvgIpc) is 3.12. The lowest BCUT2D eigenvalue weighted by Crippen LogP contribution is -2.42. The minimum Gasteiger partial charge on any atom is -0.507 e. The molecule has 0 saturated carbocycles. The van der Waals surface area contributed by atoms with Crippen LogP contribution >= 0.6 is 0 Å². The Morgan fingerprint density at radius 1 is 1.06 bits per heavy atom. The molecular formula is C26H30N2O6. The molecular weight excluding hydrogens is 436 g/mol. The van der Waals surface area contributed by atoms with Crippen LogP contribution in [0.3, 0.4) is 0 Å². The van der Waals surface area contributed by atoms with Gasteiger partial charge in [0.1, 0.15) is 17.3 Å². The number of carbonyl (C=O) groups excluding carboxylic acids is 2. The molecule has 0 bridgehead atoms. The number of aryl methyl sites for hydroxylation is 1. The van der Waals surface area contributed by atoms with Gasteiger partial charge < -0.3 is 24.2 Å². The van der Waals surface area contributed by atoms with Gasteiger partial charge in [0.2, 0.25) is 0 Å². The van der Waals surface area contributed by atoms with Gasteiger partial charge >= 0.3 is 0 Å². The minimum absolute atomic E-state index is 0.0599. The molecule has 2 saturated heterocycles. The van der Waals surface area contributed by atoms with Gasteiger partial charge in [-0.25, -0.2) is 0 Å². The number of aliphatic hydroxyl groups excluding tert-OH is 1. The zero-order valence-electron chi connectivity index (χ0n) is 19.7. The van der Waals surface area contributed by atoms with Crippen LogP contribution in [0.1, 0.15) is 22.7 Å². The minimum atomic E-state index is -0.765. The number of hydrogen-bond donors (Lipinski definition) is 1. The van der Waals surface area contributed by atoms with E-state index in [0.717, 1.165) is 18.7 Å². The predicted molar refractivity (Wildman–Crippen MR) is 127 cm³/mol. The molecule has 2 aromatic rings. The largest absolute Gasteiger partial charge is 0.507 e. The lowest BCUT2D eigenvalue weighted by atomic mass is 9.93. The molecule has 8 nitrogen and oxygen atoms in total. The zero-order valence-corrected chi connectivity index (χ0v) is 19.7. The van der Waals surface area contributed by atoms with Gasteiger partial charge in [0, 0.05) is 37.3 Å². The Morgan fingerprint density at radius 3 is 2.47 bits per heavy atom. The van der Waals surface area contributed by atoms with Crippen molar-refractivity contribution in [1.82, 2.24) is 9.80 Å². The van der Waals surface area contributed by atoms with E-state index >= 15 is 0 Å². The van der Waals surface area contributed by atoms with Crippen LogP contribution < -0.4 is 9.47 Å². The van der Waals surface area contributed by atoms with Crippen molar-refractivity contribution in [2.75, 3.05) is 53.6 Å². The summed E-state index contributed by atoms with van der Waals surface area (Å²) in [5.74, 6) is -0.352. The molecule has 0 aromatic heterocycles. The van der Waals surface area contributed by atoms with Crippen LogP contribution in [0.2, 0.25) is 0 Å². The first kappa shape index (κ1) is 23.8. The van der Waals surface area contributed by atoms with Crippen molar-refractivity contribution in [3.8, 4) is 11.5 Å². The monoisotopic (exact) mass is 466 g/mol. The summed E-state index contributed by atoms with van der Waals surface area (Å²) in [5, 5.41) is 11.4. The van der Waals surface area contributed by atoms with Gasteiger partial charge in [0.05, 0.1) is 39.0 Å². The maximum absolute atomic E-state index is 13.3. The number of hydrogen-bond acceptors (Lipinski definition) is 7. The van der Waals surface area contributed by atoms with Crippen LogP contribution in [0.5, 0.6) is 11.5 Å². The molecule has 0 unspecified atom stereocenters. The SMILES string of the molecule is COc1ccc(/C(O)=C2\C(=O)C(=O)N(CCN3CCOCC3)[C@@H]2c2ccccc2OC)c(C)c1. The summed E-state index contributed by atoms with van der Waals surface area (Å²) in [6, 6.07) is 11.7. The number of rotatable bonds is 7. The van der Waals surface area contributed by atoms with Gasteiger partial charge in [-0.2, -0.15) is 0 Å². The van der Waals surface area contributed by atoms with Crippen molar-refractivity contribution in [1.29, 1.82) is 0 Å². The lowest BCUT2D eigenvalue weighted by Gasteiger charge is -2.31. The van der Waals surface area contributed by atoms with Crippen molar-refractivity contribution in [3.05, 3.63) is 64.7 Å². The summed E-state index contributed by atoms with van der Waals surface area (Å²) in [6.45, 7) is 5.60. The molecule has 2 aliphatic heterocycles. The molecule has 180 valence electrons. The average molecular weight is 467 g/mol. The van der Waals surface area contributed by atoms with Gasteiger partial charge in [0.15, 0.2) is 0 Å². The highest BCUT2D eigenvalue weighted by Gasteiger charge is 2.47. The van der Waals surface area contributed by atoms with Gasteiger partial charge in [-0.15, -0.1) is 0 Å². The highest BCUT2D eigenvalue weighted by Crippen LogP contribution is 2.43. The molecule has 8 heteroatoms. The summed E-state index contributed by atoms with van der Waals surface area (Å²) in [4.78, 5) is 30.3. The summed E-state index contributed by atoms with van der Waals surface area (Å²) < 4.78 is 16.2. The van der Waals surface area contributed by atoms with E-state index in [2.05, 4.69) is 4.90 Å². The molecule has 1 atom stereocenters. The molecule has 2 aliphatic rings. The van der Waals surface area contributed by atoms with Crippen LogP contribution in [0.25, 0.3) is 5.76 Å². The van der Waals surface area contributed by atoms with Crippen LogP contribution in [-0.2, 0) is 14.3 Å². The van der Waals surface area contributed by atoms with Crippen LogP contribution in [0.15, 0.2) is 48.0 Å². The second kappa shape index (κ2) is 10.3. The Bertz CT molecular complexity index is 1110. The highest BCUT2D eigenvalue weighted by molar-refractivity contribution is 6.46. The number of ether oxygens (including phenoxy) is 3. The smallest absolute Gasteiger partial charge is 0.295 e. The number of para-hydroxylation sites is 1. The Balaban J connectivity index is 1.79. The highest BCUT2D eigenvalue weighted by atomic mass is 16.5. The first-order valence-corrected chi connectivity index (χ1v) is 11.3. The third-order valence-corrected chi connectivity index (χ3v) is 6.42. The fourth-order valence-corrected chi connectivity index (χ4v) is 4.57. The van der Waals surface area contributed by atoms with Crippen molar-refractivity contribution in [2.45, 2.75) is 13.0 Å². The second-order valence-electron chi connectivity index (χ2n) is 8.37. The number of aliphatic hydroxyl groups is 1.